The molecule has 4 rings (SSSR count). The van der Waals surface area contributed by atoms with Gasteiger partial charge in [0.15, 0.2) is 0 Å². The molecule has 5 heteroatoms. The summed E-state index contributed by atoms with van der Waals surface area (Å²) in [5.41, 5.74) is 11.8. The van der Waals surface area contributed by atoms with Crippen LogP contribution in [0.2, 0.25) is 0 Å². The van der Waals surface area contributed by atoms with E-state index < -0.39 is 11.8 Å². The molecule has 0 unspecified atom stereocenters. The van der Waals surface area contributed by atoms with Crippen molar-refractivity contribution < 1.29 is 9.59 Å². The van der Waals surface area contributed by atoms with Gasteiger partial charge in [-0.15, -0.1) is 0 Å². The first-order valence-electron chi connectivity index (χ1n) is 9.10. The fourth-order valence-corrected chi connectivity index (χ4v) is 4.10. The predicted octanol–water partition coefficient (Wildman–Crippen LogP) is 1.68. The summed E-state index contributed by atoms with van der Waals surface area (Å²) in [5.74, 6) is -1.24. The van der Waals surface area contributed by atoms with Crippen molar-refractivity contribution in [3.8, 4) is 11.1 Å². The summed E-state index contributed by atoms with van der Waals surface area (Å²) in [6.45, 7) is 3.37. The zero-order valence-corrected chi connectivity index (χ0v) is 14.7. The third kappa shape index (κ3) is 3.35. The number of carbonyl (C=O) groups is 2. The number of hydrogen-bond donors (Lipinski definition) is 2. The molecule has 0 radical (unpaired) electrons. The van der Waals surface area contributed by atoms with Crippen LogP contribution in [0.1, 0.15) is 23.1 Å². The van der Waals surface area contributed by atoms with Gasteiger partial charge in [0.1, 0.15) is 0 Å². The van der Waals surface area contributed by atoms with Crippen molar-refractivity contribution in [1.82, 2.24) is 10.2 Å². The number of amides is 2. The van der Waals surface area contributed by atoms with Crippen molar-refractivity contribution in [2.24, 2.45) is 11.7 Å². The van der Waals surface area contributed by atoms with E-state index in [4.69, 9.17) is 5.73 Å². The van der Waals surface area contributed by atoms with E-state index in [0.29, 0.717) is 12.5 Å². The van der Waals surface area contributed by atoms with Crippen LogP contribution < -0.4 is 11.1 Å². The Kier molecular flexibility index (Phi) is 4.47. The molecule has 1 fully saturated rings. The molecule has 0 bridgehead atoms. The largest absolute Gasteiger partial charge is 0.361 e. The Bertz CT molecular complexity index is 862. The van der Waals surface area contributed by atoms with Crippen molar-refractivity contribution in [2.75, 3.05) is 19.6 Å². The Morgan fingerprint density at radius 1 is 1.12 bits per heavy atom. The van der Waals surface area contributed by atoms with Gasteiger partial charge in [-0.1, -0.05) is 42.5 Å². The Balaban J connectivity index is 1.35. The number of rotatable bonds is 4. The molecule has 2 amide bonds. The molecule has 5 nitrogen and oxygen atoms in total. The Morgan fingerprint density at radius 2 is 1.92 bits per heavy atom. The normalized spacial score (nSPS) is 18.4. The molecule has 1 aliphatic heterocycles. The van der Waals surface area contributed by atoms with Gasteiger partial charge in [0, 0.05) is 19.6 Å². The molecule has 1 saturated heterocycles. The molecule has 1 heterocycles. The molecule has 2 aliphatic rings. The molecular formula is C21H23N3O2. The van der Waals surface area contributed by atoms with Gasteiger partial charge in [0.05, 0.1) is 0 Å². The minimum Gasteiger partial charge on any atom is -0.361 e. The molecule has 26 heavy (non-hydrogen) atoms. The zero-order chi connectivity index (χ0) is 18.1. The Morgan fingerprint density at radius 3 is 2.77 bits per heavy atom. The summed E-state index contributed by atoms with van der Waals surface area (Å²) in [4.78, 5) is 24.5. The van der Waals surface area contributed by atoms with E-state index in [0.717, 1.165) is 32.5 Å². The summed E-state index contributed by atoms with van der Waals surface area (Å²) in [7, 11) is 0. The third-order valence-corrected chi connectivity index (χ3v) is 5.41. The summed E-state index contributed by atoms with van der Waals surface area (Å²) in [5, 5.41) is 2.61. The molecule has 1 atom stereocenters. The molecule has 0 saturated carbocycles. The van der Waals surface area contributed by atoms with Crippen LogP contribution in [0.25, 0.3) is 11.1 Å². The van der Waals surface area contributed by atoms with E-state index >= 15 is 0 Å². The first-order valence-corrected chi connectivity index (χ1v) is 9.10. The number of nitrogens with one attached hydrogen (secondary N) is 1. The number of fused-ring (bicyclic) bond motifs is 3. The monoisotopic (exact) mass is 349 g/mol. The van der Waals surface area contributed by atoms with Gasteiger partial charge in [-0.05, 0) is 53.1 Å². The average molecular weight is 349 g/mol. The van der Waals surface area contributed by atoms with Gasteiger partial charge in [-0.3, -0.25) is 14.5 Å². The van der Waals surface area contributed by atoms with Crippen LogP contribution in [0.5, 0.6) is 0 Å². The molecule has 1 aliphatic carbocycles. The number of nitrogens with zero attached hydrogens (tertiary/aromatic N) is 1. The summed E-state index contributed by atoms with van der Waals surface area (Å²) in [6.07, 6.45) is 2.04. The highest BCUT2D eigenvalue weighted by Crippen LogP contribution is 2.37. The number of nitrogens with two attached hydrogens (primary N) is 1. The van der Waals surface area contributed by atoms with Crippen molar-refractivity contribution in [3.63, 3.8) is 0 Å². The fourth-order valence-electron chi connectivity index (χ4n) is 4.10. The molecular weight excluding hydrogens is 326 g/mol. The molecule has 134 valence electrons. The van der Waals surface area contributed by atoms with Crippen molar-refractivity contribution >= 4 is 11.8 Å². The van der Waals surface area contributed by atoms with Gasteiger partial charge >= 0.3 is 11.8 Å². The van der Waals surface area contributed by atoms with E-state index in [-0.39, 0.29) is 0 Å². The average Bonchev–Trinajstić information content (AvgIpc) is 3.23. The number of carbonyl (C=O) groups excluding carboxylic acids is 2. The maximum atomic E-state index is 11.3. The SMILES string of the molecule is NC(=O)C(=O)NC[C@H]1CCN(Cc2ccc3c(c2)Cc2ccccc2-3)C1. The van der Waals surface area contributed by atoms with Crippen LogP contribution in [-0.2, 0) is 22.6 Å². The second kappa shape index (κ2) is 6.92. The first kappa shape index (κ1) is 16.8. The number of hydrogen-bond acceptors (Lipinski definition) is 3. The lowest BCUT2D eigenvalue weighted by Crippen LogP contribution is -2.39. The second-order valence-electron chi connectivity index (χ2n) is 7.29. The van der Waals surface area contributed by atoms with E-state index in [2.05, 4.69) is 52.7 Å². The third-order valence-electron chi connectivity index (χ3n) is 5.41. The van der Waals surface area contributed by atoms with E-state index in [1.807, 2.05) is 0 Å². The topological polar surface area (TPSA) is 75.4 Å². The molecule has 3 N–H and O–H groups in total. The molecule has 2 aromatic rings. The fraction of sp³-hybridized carbons (Fsp3) is 0.333. The molecule has 2 aromatic carbocycles. The smallest absolute Gasteiger partial charge is 0.309 e. The van der Waals surface area contributed by atoms with Crippen LogP contribution in [0.15, 0.2) is 42.5 Å². The lowest BCUT2D eigenvalue weighted by atomic mass is 10.0. The van der Waals surface area contributed by atoms with Gasteiger partial charge < -0.3 is 11.1 Å². The second-order valence-corrected chi connectivity index (χ2v) is 7.29. The lowest BCUT2D eigenvalue weighted by molar-refractivity contribution is -0.137. The lowest BCUT2D eigenvalue weighted by Gasteiger charge is -2.17. The number of likely N-dealkylation sites (tertiary alicyclic amines) is 1. The van der Waals surface area contributed by atoms with Crippen LogP contribution in [-0.4, -0.2) is 36.3 Å². The standard InChI is InChI=1S/C21H23N3O2/c22-20(25)21(26)23-11-15-7-8-24(13-15)12-14-5-6-19-17(9-14)10-16-3-1-2-4-18(16)19/h1-6,9,15H,7-8,10-13H2,(H2,22,25)(H,23,26)/t15-/m1/s1. The minimum atomic E-state index is -0.918. The maximum Gasteiger partial charge on any atom is 0.309 e. The van der Waals surface area contributed by atoms with Gasteiger partial charge in [0.2, 0.25) is 0 Å². The van der Waals surface area contributed by atoms with Gasteiger partial charge in [-0.2, -0.15) is 0 Å². The highest BCUT2D eigenvalue weighted by Gasteiger charge is 2.24. The van der Waals surface area contributed by atoms with Crippen LogP contribution in [0, 0.1) is 5.92 Å². The summed E-state index contributed by atoms with van der Waals surface area (Å²) in [6, 6.07) is 15.4. The van der Waals surface area contributed by atoms with Crippen molar-refractivity contribution in [3.05, 3.63) is 59.2 Å². The molecule has 0 spiro atoms. The van der Waals surface area contributed by atoms with Crippen LogP contribution in [0.4, 0.5) is 0 Å². The predicted molar refractivity (Wildman–Crippen MR) is 100 cm³/mol. The minimum absolute atomic E-state index is 0.372. The Hall–Kier alpha value is -2.66. The van der Waals surface area contributed by atoms with Gasteiger partial charge in [0.25, 0.3) is 0 Å². The van der Waals surface area contributed by atoms with Crippen LogP contribution >= 0.6 is 0 Å². The van der Waals surface area contributed by atoms with Crippen molar-refractivity contribution in [2.45, 2.75) is 19.4 Å². The molecule has 0 aromatic heterocycles. The first-order chi connectivity index (χ1) is 12.6. The van der Waals surface area contributed by atoms with E-state index in [9.17, 15) is 9.59 Å². The van der Waals surface area contributed by atoms with Crippen LogP contribution in [0.3, 0.4) is 0 Å². The van der Waals surface area contributed by atoms with E-state index in [1.165, 1.54) is 27.8 Å². The summed E-state index contributed by atoms with van der Waals surface area (Å²) < 4.78 is 0. The quantitative estimate of drug-likeness (QED) is 0.704. The number of primary amides is 1. The Labute approximate surface area is 153 Å². The highest BCUT2D eigenvalue weighted by molar-refractivity contribution is 6.34. The van der Waals surface area contributed by atoms with Crippen molar-refractivity contribution in [1.29, 1.82) is 0 Å². The maximum absolute atomic E-state index is 11.3. The number of benzene rings is 2. The summed E-state index contributed by atoms with van der Waals surface area (Å²) >= 11 is 0. The van der Waals surface area contributed by atoms with Gasteiger partial charge in [-0.25, -0.2) is 0 Å². The van der Waals surface area contributed by atoms with E-state index in [1.54, 1.807) is 0 Å². The highest BCUT2D eigenvalue weighted by atomic mass is 16.2. The zero-order valence-electron chi connectivity index (χ0n) is 14.7.